The van der Waals surface area contributed by atoms with Gasteiger partial charge in [-0.25, -0.2) is 18.0 Å². The molecule has 0 unspecified atom stereocenters. The lowest BCUT2D eigenvalue weighted by atomic mass is 10.0. The summed E-state index contributed by atoms with van der Waals surface area (Å²) in [5.41, 5.74) is -0.810. The van der Waals surface area contributed by atoms with Gasteiger partial charge in [-0.3, -0.25) is 4.68 Å². The molecule has 0 aliphatic carbocycles. The molecule has 5 aromatic rings. The molecular weight excluding hydrogens is 558 g/mol. The van der Waals surface area contributed by atoms with E-state index in [1.807, 2.05) is 0 Å². The number of hydrogen-bond acceptors (Lipinski definition) is 2. The van der Waals surface area contributed by atoms with E-state index in [-0.39, 0.29) is 11.1 Å². The highest BCUT2D eigenvalue weighted by Gasteiger charge is 2.34. The van der Waals surface area contributed by atoms with Gasteiger partial charge in [0.25, 0.3) is 0 Å². The smallest absolute Gasteiger partial charge is 0.308 e. The quantitative estimate of drug-likeness (QED) is 0.207. The third-order valence-corrected chi connectivity index (χ3v) is 6.36. The van der Waals surface area contributed by atoms with Gasteiger partial charge in [0.15, 0.2) is 0 Å². The van der Waals surface area contributed by atoms with Crippen molar-refractivity contribution >= 4 is 39.9 Å². The second-order valence-electron chi connectivity index (χ2n) is 8.69. The first kappa shape index (κ1) is 27.1. The molecule has 0 spiro atoms. The van der Waals surface area contributed by atoms with Gasteiger partial charge in [0.1, 0.15) is 23.0 Å². The third kappa shape index (κ3) is 5.46. The highest BCUT2D eigenvalue weighted by molar-refractivity contribution is 6.33. The van der Waals surface area contributed by atoms with Crippen LogP contribution in [0.15, 0.2) is 78.9 Å². The minimum atomic E-state index is -4.74. The number of aromatic nitrogens is 2. The molecular formula is C28H17ClF6N4O. The Labute approximate surface area is 228 Å². The predicted octanol–water partition coefficient (Wildman–Crippen LogP) is 8.49. The average Bonchev–Trinajstić information content (AvgIpc) is 3.25. The van der Waals surface area contributed by atoms with E-state index >= 15 is 0 Å². The number of hydrogen-bond donors (Lipinski definition) is 2. The molecule has 4 aromatic carbocycles. The molecule has 0 aliphatic heterocycles. The van der Waals surface area contributed by atoms with Crippen LogP contribution in [-0.2, 0) is 12.7 Å². The predicted molar refractivity (Wildman–Crippen MR) is 140 cm³/mol. The Morgan fingerprint density at radius 2 is 1.55 bits per heavy atom. The zero-order valence-electron chi connectivity index (χ0n) is 20.2. The molecule has 2 N–H and O–H groups in total. The number of nitrogens with zero attached hydrogens (tertiary/aromatic N) is 2. The summed E-state index contributed by atoms with van der Waals surface area (Å²) in [4.78, 5) is 12.4. The van der Waals surface area contributed by atoms with Gasteiger partial charge >= 0.3 is 12.2 Å². The number of fused-ring (bicyclic) bond motifs is 1. The molecule has 5 nitrogen and oxygen atoms in total. The lowest BCUT2D eigenvalue weighted by Crippen LogP contribution is -2.19. The van der Waals surface area contributed by atoms with Crippen molar-refractivity contribution < 1.29 is 31.1 Å². The molecule has 5 rings (SSSR count). The zero-order valence-corrected chi connectivity index (χ0v) is 20.9. The zero-order chi connectivity index (χ0) is 28.6. The summed E-state index contributed by atoms with van der Waals surface area (Å²) in [5.74, 6) is -3.54. The maximum absolute atomic E-state index is 14.5. The van der Waals surface area contributed by atoms with Crippen LogP contribution in [0.1, 0.15) is 11.1 Å². The van der Waals surface area contributed by atoms with Crippen LogP contribution in [0.2, 0.25) is 5.02 Å². The number of carbonyl (C=O) groups is 1. The molecule has 0 saturated carbocycles. The highest BCUT2D eigenvalue weighted by Crippen LogP contribution is 2.38. The van der Waals surface area contributed by atoms with Crippen molar-refractivity contribution in [3.8, 4) is 11.3 Å². The van der Waals surface area contributed by atoms with Crippen molar-refractivity contribution in [2.75, 3.05) is 10.6 Å². The molecule has 0 radical (unpaired) electrons. The fourth-order valence-corrected chi connectivity index (χ4v) is 4.41. The number of carbonyl (C=O) groups excluding carboxylic acids is 1. The Bertz CT molecular complexity index is 1710. The molecule has 0 bridgehead atoms. The van der Waals surface area contributed by atoms with Crippen LogP contribution in [-0.4, -0.2) is 15.8 Å². The lowest BCUT2D eigenvalue weighted by molar-refractivity contribution is -0.136. The van der Waals surface area contributed by atoms with Crippen molar-refractivity contribution in [1.29, 1.82) is 0 Å². The third-order valence-electron chi connectivity index (χ3n) is 6.03. The van der Waals surface area contributed by atoms with Gasteiger partial charge in [0.05, 0.1) is 28.5 Å². The van der Waals surface area contributed by atoms with E-state index in [1.54, 1.807) is 24.3 Å². The molecule has 2 amide bonds. The summed E-state index contributed by atoms with van der Waals surface area (Å²) >= 11 is 6.05. The van der Waals surface area contributed by atoms with Gasteiger partial charge in [-0.2, -0.15) is 18.3 Å². The number of urea groups is 1. The molecule has 0 aliphatic rings. The lowest BCUT2D eigenvalue weighted by Gasteiger charge is -2.12. The highest BCUT2D eigenvalue weighted by atomic mass is 35.5. The molecule has 1 heterocycles. The van der Waals surface area contributed by atoms with Crippen LogP contribution in [0.4, 0.5) is 42.5 Å². The molecule has 40 heavy (non-hydrogen) atoms. The standard InChI is InChI=1S/C28H17ClF6N4O/c29-21-6-1-2-7-24(21)37-27(40)36-17-10-8-15(9-11-17)26-18-4-3-5-20(28(33,34)35)25(18)38-39(26)14-19-22(31)12-16(30)13-23(19)32/h1-13H,14H2,(H2,36,37,40). The van der Waals surface area contributed by atoms with Crippen LogP contribution < -0.4 is 10.6 Å². The minimum Gasteiger partial charge on any atom is -0.308 e. The number of benzene rings is 4. The van der Waals surface area contributed by atoms with Crippen molar-refractivity contribution in [2.45, 2.75) is 12.7 Å². The molecule has 0 saturated heterocycles. The summed E-state index contributed by atoms with van der Waals surface area (Å²) in [6, 6.07) is 16.5. The first-order valence-electron chi connectivity index (χ1n) is 11.6. The van der Waals surface area contributed by atoms with Crippen LogP contribution in [0.5, 0.6) is 0 Å². The van der Waals surface area contributed by atoms with Crippen LogP contribution in [0.25, 0.3) is 22.2 Å². The Hall–Kier alpha value is -4.51. The minimum absolute atomic E-state index is 0.0786. The number of halogens is 7. The van der Waals surface area contributed by atoms with Gasteiger partial charge in [0.2, 0.25) is 0 Å². The van der Waals surface area contributed by atoms with Gasteiger partial charge in [-0.15, -0.1) is 0 Å². The first-order chi connectivity index (χ1) is 19.0. The van der Waals surface area contributed by atoms with Crippen LogP contribution >= 0.6 is 11.6 Å². The van der Waals surface area contributed by atoms with Gasteiger partial charge in [-0.05, 0) is 30.3 Å². The molecule has 0 fully saturated rings. The summed E-state index contributed by atoms with van der Waals surface area (Å²) < 4.78 is 84.6. The Kier molecular flexibility index (Phi) is 7.16. The summed E-state index contributed by atoms with van der Waals surface area (Å²) in [6.45, 7) is -0.612. The van der Waals surface area contributed by atoms with E-state index in [1.165, 1.54) is 36.4 Å². The summed E-state index contributed by atoms with van der Waals surface area (Å²) in [5, 5.41) is 9.68. The number of nitrogens with one attached hydrogen (secondary N) is 2. The van der Waals surface area contributed by atoms with Crippen LogP contribution in [0.3, 0.4) is 0 Å². The molecule has 0 atom stereocenters. The second-order valence-corrected chi connectivity index (χ2v) is 9.10. The Morgan fingerprint density at radius 3 is 2.20 bits per heavy atom. The SMILES string of the molecule is O=C(Nc1ccc(-c2c3cccc(C(F)(F)F)c3nn2Cc2c(F)cc(F)cc2F)cc1)Nc1ccccc1Cl. The molecule has 12 heteroatoms. The normalized spacial score (nSPS) is 11.6. The summed E-state index contributed by atoms with van der Waals surface area (Å²) in [6.07, 6.45) is -4.74. The number of para-hydroxylation sites is 1. The fraction of sp³-hybridized carbons (Fsp3) is 0.0714. The van der Waals surface area contributed by atoms with Crippen molar-refractivity contribution in [3.05, 3.63) is 112 Å². The van der Waals surface area contributed by atoms with E-state index in [0.29, 0.717) is 34.1 Å². The Morgan fingerprint density at radius 1 is 0.875 bits per heavy atom. The summed E-state index contributed by atoms with van der Waals surface area (Å²) in [7, 11) is 0. The van der Waals surface area contributed by atoms with E-state index in [0.717, 1.165) is 10.7 Å². The van der Waals surface area contributed by atoms with Gasteiger partial charge < -0.3 is 10.6 Å². The largest absolute Gasteiger partial charge is 0.418 e. The maximum Gasteiger partial charge on any atom is 0.418 e. The van der Waals surface area contributed by atoms with Gasteiger partial charge in [-0.1, -0.05) is 48.0 Å². The van der Waals surface area contributed by atoms with Crippen LogP contribution in [0, 0.1) is 17.5 Å². The van der Waals surface area contributed by atoms with E-state index in [9.17, 15) is 31.1 Å². The van der Waals surface area contributed by atoms with Gasteiger partial charge in [0, 0.05) is 34.3 Å². The van der Waals surface area contributed by atoms with Crippen molar-refractivity contribution in [1.82, 2.24) is 9.78 Å². The monoisotopic (exact) mass is 574 g/mol. The fourth-order valence-electron chi connectivity index (χ4n) is 4.23. The van der Waals surface area contributed by atoms with Crippen molar-refractivity contribution in [2.24, 2.45) is 0 Å². The van der Waals surface area contributed by atoms with E-state index in [2.05, 4.69) is 15.7 Å². The number of rotatable bonds is 5. The van der Waals surface area contributed by atoms with Crippen molar-refractivity contribution in [3.63, 3.8) is 0 Å². The number of amides is 2. The first-order valence-corrected chi connectivity index (χ1v) is 12.0. The van der Waals surface area contributed by atoms with E-state index < -0.39 is 52.8 Å². The Balaban J connectivity index is 1.53. The molecule has 204 valence electrons. The number of alkyl halides is 3. The van der Waals surface area contributed by atoms with E-state index in [4.69, 9.17) is 11.6 Å². The average molecular weight is 575 g/mol. The topological polar surface area (TPSA) is 59.0 Å². The second kappa shape index (κ2) is 10.6. The molecule has 1 aromatic heterocycles. The maximum atomic E-state index is 14.5. The number of anilines is 2.